The van der Waals surface area contributed by atoms with Crippen molar-refractivity contribution >= 4 is 11.7 Å². The Kier molecular flexibility index (Phi) is 5.87. The van der Waals surface area contributed by atoms with Gasteiger partial charge in [-0.2, -0.15) is 0 Å². The van der Waals surface area contributed by atoms with E-state index in [1.165, 1.54) is 0 Å². The van der Waals surface area contributed by atoms with Gasteiger partial charge in [-0.3, -0.25) is 15.0 Å². The van der Waals surface area contributed by atoms with Crippen LogP contribution < -0.4 is 16.0 Å². The molecule has 0 spiro atoms. The van der Waals surface area contributed by atoms with Crippen LogP contribution in [0.25, 0.3) is 0 Å². The fourth-order valence-corrected chi connectivity index (χ4v) is 1.44. The van der Waals surface area contributed by atoms with E-state index in [0.717, 1.165) is 0 Å². The zero-order valence-corrected chi connectivity index (χ0v) is 10.4. The molecule has 0 unspecified atom stereocenters. The van der Waals surface area contributed by atoms with Crippen molar-refractivity contribution in [2.75, 3.05) is 6.61 Å². The van der Waals surface area contributed by atoms with Gasteiger partial charge in [0.1, 0.15) is 5.75 Å². The molecule has 1 rings (SSSR count). The molecule has 0 aromatic heterocycles. The number of ether oxygens (including phenoxy) is 1. The minimum Gasteiger partial charge on any atom is -0.494 e. The van der Waals surface area contributed by atoms with Gasteiger partial charge in [-0.15, -0.1) is 0 Å². The summed E-state index contributed by atoms with van der Waals surface area (Å²) in [6.07, 6.45) is 1.43. The lowest BCUT2D eigenvalue weighted by Gasteiger charge is -2.06. The molecule has 1 aromatic rings. The molecule has 0 bridgehead atoms. The summed E-state index contributed by atoms with van der Waals surface area (Å²) in [5.41, 5.74) is 2.75. The Bertz CT molecular complexity index is 401. The van der Waals surface area contributed by atoms with Gasteiger partial charge in [-0.25, -0.2) is 5.84 Å². The van der Waals surface area contributed by atoms with Crippen LogP contribution in [0, 0.1) is 0 Å². The van der Waals surface area contributed by atoms with Crippen molar-refractivity contribution in [1.29, 1.82) is 0 Å². The van der Waals surface area contributed by atoms with Gasteiger partial charge in [0.15, 0.2) is 5.78 Å². The van der Waals surface area contributed by atoms with Gasteiger partial charge in [0.2, 0.25) is 5.91 Å². The fourth-order valence-electron chi connectivity index (χ4n) is 1.44. The Labute approximate surface area is 106 Å². The largest absolute Gasteiger partial charge is 0.494 e. The molecule has 0 radical (unpaired) electrons. The molecular weight excluding hydrogens is 232 g/mol. The lowest BCUT2D eigenvalue weighted by molar-refractivity contribution is -0.121. The minimum absolute atomic E-state index is 0.112. The average molecular weight is 250 g/mol. The van der Waals surface area contributed by atoms with Crippen LogP contribution in [0.3, 0.4) is 0 Å². The highest BCUT2D eigenvalue weighted by molar-refractivity contribution is 5.95. The normalized spacial score (nSPS) is 9.89. The summed E-state index contributed by atoms with van der Waals surface area (Å²) >= 11 is 0. The highest BCUT2D eigenvalue weighted by atomic mass is 16.5. The van der Waals surface area contributed by atoms with Crippen LogP contribution in [0.2, 0.25) is 0 Å². The predicted octanol–water partition coefficient (Wildman–Crippen LogP) is 1.43. The van der Waals surface area contributed by atoms with Crippen LogP contribution in [0.5, 0.6) is 5.75 Å². The van der Waals surface area contributed by atoms with Gasteiger partial charge in [0.25, 0.3) is 0 Å². The molecule has 5 heteroatoms. The van der Waals surface area contributed by atoms with E-state index in [4.69, 9.17) is 10.6 Å². The summed E-state index contributed by atoms with van der Waals surface area (Å²) in [7, 11) is 0. The number of nitrogens with two attached hydrogens (primary N) is 1. The molecule has 1 amide bonds. The summed E-state index contributed by atoms with van der Waals surface area (Å²) in [6, 6.07) is 7.00. The number of ketones is 1. The number of rotatable bonds is 7. The summed E-state index contributed by atoms with van der Waals surface area (Å²) in [5, 5.41) is 0. The monoisotopic (exact) mass is 250 g/mol. The van der Waals surface area contributed by atoms with Gasteiger partial charge in [0.05, 0.1) is 6.61 Å². The van der Waals surface area contributed by atoms with Crippen LogP contribution in [0.4, 0.5) is 0 Å². The third-order valence-corrected chi connectivity index (χ3v) is 2.48. The molecule has 0 aliphatic carbocycles. The van der Waals surface area contributed by atoms with Crippen LogP contribution in [-0.4, -0.2) is 18.3 Å². The van der Waals surface area contributed by atoms with Crippen LogP contribution in [0.1, 0.15) is 36.5 Å². The van der Waals surface area contributed by atoms with E-state index in [2.05, 4.69) is 5.43 Å². The number of benzene rings is 1. The average Bonchev–Trinajstić information content (AvgIpc) is 2.43. The second-order valence-corrected chi connectivity index (χ2v) is 3.82. The summed E-state index contributed by atoms with van der Waals surface area (Å²) in [5.74, 6) is 5.55. The first-order valence-electron chi connectivity index (χ1n) is 5.93. The van der Waals surface area contributed by atoms with Crippen molar-refractivity contribution in [3.8, 4) is 5.75 Å². The topological polar surface area (TPSA) is 81.4 Å². The van der Waals surface area contributed by atoms with Gasteiger partial charge in [-0.05, 0) is 30.7 Å². The quantitative estimate of drug-likeness (QED) is 0.252. The number of Topliss-reactive ketones (excluding diaryl/α,β-unsaturated/α-hetero) is 1. The van der Waals surface area contributed by atoms with E-state index in [1.54, 1.807) is 24.3 Å². The van der Waals surface area contributed by atoms with E-state index >= 15 is 0 Å². The number of hydrazine groups is 1. The minimum atomic E-state index is -0.206. The Hall–Kier alpha value is -1.88. The molecule has 0 aliphatic heterocycles. The lowest BCUT2D eigenvalue weighted by atomic mass is 10.1. The summed E-state index contributed by atoms with van der Waals surface area (Å²) in [6.45, 7) is 2.27. The molecule has 5 nitrogen and oxygen atoms in total. The van der Waals surface area contributed by atoms with Crippen molar-refractivity contribution in [2.24, 2.45) is 5.84 Å². The number of hydrogen-bond donors (Lipinski definition) is 2. The van der Waals surface area contributed by atoms with Gasteiger partial charge >= 0.3 is 0 Å². The SMILES string of the molecule is CCC(=O)c1ccc(OCCCC(=O)NN)cc1. The zero-order chi connectivity index (χ0) is 13.4. The van der Waals surface area contributed by atoms with Gasteiger partial charge in [-0.1, -0.05) is 6.92 Å². The molecule has 0 saturated carbocycles. The number of nitrogens with one attached hydrogen (secondary N) is 1. The van der Waals surface area contributed by atoms with Crippen LogP contribution in [-0.2, 0) is 4.79 Å². The van der Waals surface area contributed by atoms with Crippen molar-refractivity contribution in [3.05, 3.63) is 29.8 Å². The number of amides is 1. The smallest absolute Gasteiger partial charge is 0.234 e. The number of hydrogen-bond acceptors (Lipinski definition) is 4. The lowest BCUT2D eigenvalue weighted by Crippen LogP contribution is -2.29. The van der Waals surface area contributed by atoms with Crippen molar-refractivity contribution in [2.45, 2.75) is 26.2 Å². The molecule has 0 heterocycles. The van der Waals surface area contributed by atoms with E-state index in [-0.39, 0.29) is 11.7 Å². The second kappa shape index (κ2) is 7.45. The number of carbonyl (C=O) groups excluding carboxylic acids is 2. The van der Waals surface area contributed by atoms with Crippen LogP contribution in [0.15, 0.2) is 24.3 Å². The van der Waals surface area contributed by atoms with Crippen LogP contribution >= 0.6 is 0 Å². The predicted molar refractivity (Wildman–Crippen MR) is 68.1 cm³/mol. The summed E-state index contributed by atoms with van der Waals surface area (Å²) in [4.78, 5) is 22.2. The molecule has 3 N–H and O–H groups in total. The molecule has 18 heavy (non-hydrogen) atoms. The van der Waals surface area contributed by atoms with E-state index in [0.29, 0.717) is 37.2 Å². The second-order valence-electron chi connectivity index (χ2n) is 3.82. The Morgan fingerprint density at radius 3 is 2.50 bits per heavy atom. The molecule has 0 fully saturated rings. The maximum Gasteiger partial charge on any atom is 0.234 e. The fraction of sp³-hybridized carbons (Fsp3) is 0.385. The Balaban J connectivity index is 2.35. The Morgan fingerprint density at radius 2 is 1.94 bits per heavy atom. The number of carbonyl (C=O) groups is 2. The zero-order valence-electron chi connectivity index (χ0n) is 10.4. The summed E-state index contributed by atoms with van der Waals surface area (Å²) < 4.78 is 5.44. The third kappa shape index (κ3) is 4.55. The highest BCUT2D eigenvalue weighted by Gasteiger charge is 2.03. The van der Waals surface area contributed by atoms with Crippen molar-refractivity contribution in [3.63, 3.8) is 0 Å². The van der Waals surface area contributed by atoms with E-state index < -0.39 is 0 Å². The van der Waals surface area contributed by atoms with Gasteiger partial charge < -0.3 is 4.74 Å². The first-order valence-corrected chi connectivity index (χ1v) is 5.93. The molecule has 1 aromatic carbocycles. The third-order valence-electron chi connectivity index (χ3n) is 2.48. The van der Waals surface area contributed by atoms with Crippen molar-refractivity contribution in [1.82, 2.24) is 5.43 Å². The maximum absolute atomic E-state index is 11.4. The standard InChI is InChI=1S/C13H18N2O3/c1-2-12(16)10-5-7-11(8-6-10)18-9-3-4-13(17)15-14/h5-8H,2-4,9,14H2,1H3,(H,15,17). The first-order chi connectivity index (χ1) is 8.67. The molecule has 98 valence electrons. The molecular formula is C13H18N2O3. The van der Waals surface area contributed by atoms with E-state index in [1.807, 2.05) is 6.92 Å². The van der Waals surface area contributed by atoms with Crippen molar-refractivity contribution < 1.29 is 14.3 Å². The first kappa shape index (κ1) is 14.2. The Morgan fingerprint density at radius 1 is 1.28 bits per heavy atom. The molecule has 0 saturated heterocycles. The van der Waals surface area contributed by atoms with E-state index in [9.17, 15) is 9.59 Å². The highest BCUT2D eigenvalue weighted by Crippen LogP contribution is 2.13. The van der Waals surface area contributed by atoms with Gasteiger partial charge in [0, 0.05) is 18.4 Å². The molecule has 0 atom stereocenters. The maximum atomic E-state index is 11.4. The molecule has 0 aliphatic rings.